The van der Waals surface area contributed by atoms with Crippen LogP contribution in [0.15, 0.2) is 102 Å². The van der Waals surface area contributed by atoms with E-state index in [0.717, 1.165) is 28.7 Å². The standard InChI is InChI=1S/C69H83Cl2FN12O8/c1-8-92-60-41-49(67(2,3)4)15-21-54(60)64-77-68(5,47-11-16-50(70)17-12-47)69(6,48-13-18-51(71)19-14-48)84(64)66(87)81-29-27-80(28-30-81)31-33-89-35-37-91-39-38-90-36-34-88-32-23-61(85)75-24-26-83-59-45-79(7)65(86)53-22-20-52(72)42-55(53)57-10-9-25-82(57)58-40-46(44-76-63(58)74)62(59)56(43-73)78-83/h11-22,40-42,44,57H,8-10,23-39,45H2,1-7H3,(H2,74,76)(H,75,85)/t57-,68+,69-/m1/s1. The molecule has 0 radical (unpaired) electrons. The number of nitriles is 1. The Bertz CT molecular complexity index is 3680. The molecule has 6 heterocycles. The summed E-state index contributed by atoms with van der Waals surface area (Å²) in [5.74, 6) is 0.495. The first-order valence-electron chi connectivity index (χ1n) is 31.6. The van der Waals surface area contributed by atoms with E-state index in [1.54, 1.807) is 17.9 Å². The predicted octanol–water partition coefficient (Wildman–Crippen LogP) is 10.4. The molecule has 2 bridgehead atoms. The average Bonchev–Trinajstić information content (AvgIpc) is 1.54. The Morgan fingerprint density at radius 1 is 0.815 bits per heavy atom. The van der Waals surface area contributed by atoms with Gasteiger partial charge in [-0.25, -0.2) is 14.2 Å². The molecule has 20 nitrogen and oxygen atoms in total. The molecular formula is C69H83Cl2FN12O8. The van der Waals surface area contributed by atoms with Gasteiger partial charge in [-0.3, -0.25) is 29.1 Å². The third-order valence-electron chi connectivity index (χ3n) is 18.0. The van der Waals surface area contributed by atoms with Crippen molar-refractivity contribution in [2.75, 3.05) is 123 Å². The first-order chi connectivity index (χ1) is 44.2. The molecule has 2 fully saturated rings. The van der Waals surface area contributed by atoms with Gasteiger partial charge in [0, 0.05) is 92.2 Å². The van der Waals surface area contributed by atoms with Crippen LogP contribution in [0.2, 0.25) is 10.0 Å². The number of carbonyl (C=O) groups is 3. The molecule has 2 aromatic heterocycles. The summed E-state index contributed by atoms with van der Waals surface area (Å²) < 4.78 is 45.9. The number of aromatic nitrogens is 3. The van der Waals surface area contributed by atoms with Crippen LogP contribution in [-0.2, 0) is 53.3 Å². The molecular weight excluding hydrogens is 1210 g/mol. The van der Waals surface area contributed by atoms with Gasteiger partial charge >= 0.3 is 6.03 Å². The number of hydrogen-bond donors (Lipinski definition) is 2. The number of aliphatic imine (C=N–C) groups is 1. The van der Waals surface area contributed by atoms with Gasteiger partial charge in [0.1, 0.15) is 40.4 Å². The fraction of sp³-hybridized carbons (Fsp3) is 0.464. The number of piperazine rings is 1. The highest BCUT2D eigenvalue weighted by Crippen LogP contribution is 2.54. The molecule has 4 amide bonds. The Morgan fingerprint density at radius 2 is 1.46 bits per heavy atom. The van der Waals surface area contributed by atoms with E-state index in [1.807, 2.05) is 77.4 Å². The van der Waals surface area contributed by atoms with Crippen LogP contribution >= 0.6 is 23.2 Å². The summed E-state index contributed by atoms with van der Waals surface area (Å²) in [6.07, 6.45) is 3.20. The second kappa shape index (κ2) is 29.5. The van der Waals surface area contributed by atoms with E-state index < -0.39 is 16.9 Å². The second-order valence-corrected chi connectivity index (χ2v) is 25.7. The number of nitrogens with two attached hydrogens (primary N) is 1. The fourth-order valence-corrected chi connectivity index (χ4v) is 13.0. The van der Waals surface area contributed by atoms with Crippen molar-refractivity contribution in [1.29, 1.82) is 5.26 Å². The van der Waals surface area contributed by atoms with Crippen LogP contribution in [0.4, 0.5) is 20.7 Å². The second-order valence-electron chi connectivity index (χ2n) is 24.9. The van der Waals surface area contributed by atoms with Gasteiger partial charge in [-0.1, -0.05) is 74.3 Å². The SMILES string of the molecule is CCOc1cc(C(C)(C)C)ccc1C1=N[C@@](C)(c2ccc(Cl)cc2)[C@@](C)(c2ccc(Cl)cc2)N1C(=O)N1CCN(CCOCCOCCOCCOCCC(=O)NCCn2nc(C#N)c3c2CN(C)C(=O)c2ccc(F)cc2[C@H]2CCCN2c2cc-3cnc2N)CC1. The minimum absolute atomic E-state index is 0.0673. The van der Waals surface area contributed by atoms with Gasteiger partial charge < -0.3 is 49.4 Å². The number of anilines is 2. The molecule has 4 aliphatic heterocycles. The van der Waals surface area contributed by atoms with Gasteiger partial charge in [-0.05, 0) is 122 Å². The monoisotopic (exact) mass is 1300 g/mol. The summed E-state index contributed by atoms with van der Waals surface area (Å²) in [5, 5.41) is 19.1. The van der Waals surface area contributed by atoms with E-state index in [4.69, 9.17) is 57.6 Å². The van der Waals surface area contributed by atoms with Crippen LogP contribution in [0.5, 0.6) is 5.75 Å². The van der Waals surface area contributed by atoms with Gasteiger partial charge in [0.05, 0.1) is 95.5 Å². The smallest absolute Gasteiger partial charge is 0.326 e. The van der Waals surface area contributed by atoms with Crippen LogP contribution in [0, 0.1) is 17.1 Å². The van der Waals surface area contributed by atoms with Gasteiger partial charge in [0.15, 0.2) is 5.69 Å². The lowest BCUT2D eigenvalue weighted by molar-refractivity contribution is -0.122. The van der Waals surface area contributed by atoms with Crippen LogP contribution in [0.25, 0.3) is 11.1 Å². The number of ether oxygens (including phenoxy) is 5. The third-order valence-corrected chi connectivity index (χ3v) is 18.5. The number of hydrogen-bond acceptors (Lipinski definition) is 15. The number of nitrogen functional groups attached to an aromatic ring is 1. The van der Waals surface area contributed by atoms with E-state index in [2.05, 4.69) is 78.0 Å². The van der Waals surface area contributed by atoms with Crippen LogP contribution < -0.4 is 20.7 Å². The number of urea groups is 1. The lowest BCUT2D eigenvalue weighted by Gasteiger charge is -2.47. The molecule has 10 rings (SSSR count). The Kier molecular flexibility index (Phi) is 21.6. The van der Waals surface area contributed by atoms with E-state index in [1.165, 1.54) is 23.1 Å². The molecule has 3 N–H and O–H groups in total. The molecule has 6 aromatic rings. The number of nitrogens with one attached hydrogen (secondary N) is 1. The predicted molar refractivity (Wildman–Crippen MR) is 353 cm³/mol. The number of pyridine rings is 1. The largest absolute Gasteiger partial charge is 0.493 e. The Labute approximate surface area is 548 Å². The minimum atomic E-state index is -1.03. The van der Waals surface area contributed by atoms with Crippen molar-refractivity contribution in [2.45, 2.75) is 96.4 Å². The number of fused-ring (bicyclic) bond motifs is 8. The third kappa shape index (κ3) is 14.6. The molecule has 0 aliphatic carbocycles. The molecule has 92 heavy (non-hydrogen) atoms. The summed E-state index contributed by atoms with van der Waals surface area (Å²) in [5.41, 5.74) is 11.4. The quantitative estimate of drug-likeness (QED) is 0.0571. The van der Waals surface area contributed by atoms with Crippen molar-refractivity contribution >= 4 is 58.4 Å². The number of rotatable bonds is 23. The van der Waals surface area contributed by atoms with E-state index in [9.17, 15) is 19.2 Å². The number of carbonyl (C=O) groups excluding carboxylic acids is 3. The molecule has 2 saturated heterocycles. The molecule has 0 unspecified atom stereocenters. The first-order valence-corrected chi connectivity index (χ1v) is 32.4. The van der Waals surface area contributed by atoms with E-state index in [-0.39, 0.29) is 73.5 Å². The van der Waals surface area contributed by atoms with Crippen molar-refractivity contribution in [3.63, 3.8) is 0 Å². The maximum absolute atomic E-state index is 15.5. The summed E-state index contributed by atoms with van der Waals surface area (Å²) in [6, 6.07) is 29.5. The maximum atomic E-state index is 15.5. The molecule has 0 spiro atoms. The normalized spacial score (nSPS) is 19.2. The van der Waals surface area contributed by atoms with E-state index in [0.29, 0.717) is 154 Å². The number of amidine groups is 1. The van der Waals surface area contributed by atoms with Crippen molar-refractivity contribution in [1.82, 2.24) is 39.7 Å². The number of nitrogens with zero attached hydrogens (tertiary/aromatic N) is 10. The zero-order valence-corrected chi connectivity index (χ0v) is 55.1. The van der Waals surface area contributed by atoms with Crippen molar-refractivity contribution in [2.24, 2.45) is 4.99 Å². The maximum Gasteiger partial charge on any atom is 0.326 e. The lowest BCUT2D eigenvalue weighted by Crippen LogP contribution is -2.60. The fourth-order valence-electron chi connectivity index (χ4n) is 12.8. The van der Waals surface area contributed by atoms with Crippen molar-refractivity contribution in [3.8, 4) is 22.9 Å². The van der Waals surface area contributed by atoms with Crippen LogP contribution in [0.1, 0.15) is 116 Å². The zero-order chi connectivity index (χ0) is 65.3. The van der Waals surface area contributed by atoms with Gasteiger partial charge in [0.2, 0.25) is 5.91 Å². The molecule has 0 saturated carbocycles. The number of benzene rings is 4. The molecule has 488 valence electrons. The van der Waals surface area contributed by atoms with Gasteiger partial charge in [0.25, 0.3) is 5.91 Å². The van der Waals surface area contributed by atoms with Crippen molar-refractivity contribution in [3.05, 3.63) is 158 Å². The minimum Gasteiger partial charge on any atom is -0.493 e. The first kappa shape index (κ1) is 67.2. The van der Waals surface area contributed by atoms with Gasteiger partial charge in [-0.2, -0.15) is 10.4 Å². The molecule has 23 heteroatoms. The Morgan fingerprint density at radius 3 is 2.11 bits per heavy atom. The highest BCUT2D eigenvalue weighted by Gasteiger charge is 2.60. The lowest BCUT2D eigenvalue weighted by atomic mass is 9.71. The molecule has 3 atom stereocenters. The highest BCUT2D eigenvalue weighted by atomic mass is 35.5. The summed E-state index contributed by atoms with van der Waals surface area (Å²) in [7, 11) is 1.66. The summed E-state index contributed by atoms with van der Waals surface area (Å²) >= 11 is 13.0. The Balaban J connectivity index is 0.640. The summed E-state index contributed by atoms with van der Waals surface area (Å²) in [6.45, 7) is 20.1. The van der Waals surface area contributed by atoms with E-state index >= 15 is 4.79 Å². The van der Waals surface area contributed by atoms with Crippen LogP contribution in [-0.4, -0.2) is 170 Å². The highest BCUT2D eigenvalue weighted by molar-refractivity contribution is 6.30. The Hall–Kier alpha value is -7.68. The molecule has 4 aliphatic rings. The van der Waals surface area contributed by atoms with Gasteiger partial charge in [-0.15, -0.1) is 0 Å². The number of amides is 4. The van der Waals surface area contributed by atoms with Crippen molar-refractivity contribution < 1.29 is 42.5 Å². The average molecular weight is 1300 g/mol. The zero-order valence-electron chi connectivity index (χ0n) is 53.6. The topological polar surface area (TPSA) is 218 Å². The summed E-state index contributed by atoms with van der Waals surface area (Å²) in [4.78, 5) is 62.4. The molecule has 4 aromatic carbocycles. The van der Waals surface area contributed by atoms with Crippen LogP contribution in [0.3, 0.4) is 0 Å². The number of halogens is 3.